The number of amides is 2. The first kappa shape index (κ1) is 17.3. The Kier molecular flexibility index (Phi) is 5.26. The number of likely N-dealkylation sites (tertiary alicyclic amines) is 1. The maximum absolute atomic E-state index is 12.8. The van der Waals surface area contributed by atoms with Gasteiger partial charge in [-0.2, -0.15) is 5.10 Å². The van der Waals surface area contributed by atoms with Gasteiger partial charge >= 0.3 is 6.03 Å². The molecular formula is C19H26N4O2. The minimum absolute atomic E-state index is 0.0335. The molecule has 6 heteroatoms. The molecule has 1 aliphatic rings. The standard InChI is InChI=1S/C19H26N4O2/c1-4-25-17-10-6-5-8-15(17)12-20-19(24)23-11-7-9-16(23)18-13(2)21-22-14(18)3/h5-6,8,10,16H,4,7,9,11-12H2,1-3H3,(H,20,24)(H,21,22)/t16-/m0/s1. The second kappa shape index (κ2) is 7.59. The quantitative estimate of drug-likeness (QED) is 0.874. The Bertz CT molecular complexity index is 721. The van der Waals surface area contributed by atoms with E-state index in [-0.39, 0.29) is 12.1 Å². The number of hydrogen-bond acceptors (Lipinski definition) is 3. The van der Waals surface area contributed by atoms with Crippen molar-refractivity contribution in [2.24, 2.45) is 0 Å². The number of aryl methyl sites for hydroxylation is 2. The van der Waals surface area contributed by atoms with E-state index in [2.05, 4.69) is 15.5 Å². The average Bonchev–Trinajstić information content (AvgIpc) is 3.20. The Morgan fingerprint density at radius 3 is 2.92 bits per heavy atom. The van der Waals surface area contributed by atoms with Gasteiger partial charge in [-0.15, -0.1) is 0 Å². The van der Waals surface area contributed by atoms with Crippen molar-refractivity contribution in [1.29, 1.82) is 0 Å². The lowest BCUT2D eigenvalue weighted by molar-refractivity contribution is 0.192. The van der Waals surface area contributed by atoms with Gasteiger partial charge in [0.15, 0.2) is 0 Å². The number of aromatic nitrogens is 2. The first-order valence-electron chi connectivity index (χ1n) is 8.88. The SMILES string of the molecule is CCOc1ccccc1CNC(=O)N1CCC[C@H]1c1c(C)n[nH]c1C. The molecule has 0 unspecified atom stereocenters. The molecule has 2 aromatic rings. The van der Waals surface area contributed by atoms with E-state index in [0.717, 1.165) is 47.7 Å². The number of benzene rings is 1. The number of urea groups is 1. The molecule has 0 spiro atoms. The zero-order chi connectivity index (χ0) is 17.8. The fourth-order valence-electron chi connectivity index (χ4n) is 3.58. The number of H-pyrrole nitrogens is 1. The number of rotatable bonds is 5. The fraction of sp³-hybridized carbons (Fsp3) is 0.474. The van der Waals surface area contributed by atoms with Gasteiger partial charge in [-0.3, -0.25) is 5.10 Å². The van der Waals surface area contributed by atoms with Crippen molar-refractivity contribution in [3.63, 3.8) is 0 Å². The third kappa shape index (κ3) is 3.62. The predicted molar refractivity (Wildman–Crippen MR) is 96.6 cm³/mol. The van der Waals surface area contributed by atoms with E-state index >= 15 is 0 Å². The van der Waals surface area contributed by atoms with E-state index in [1.165, 1.54) is 0 Å². The molecule has 0 bridgehead atoms. The summed E-state index contributed by atoms with van der Waals surface area (Å²) in [6, 6.07) is 7.88. The summed E-state index contributed by atoms with van der Waals surface area (Å²) in [6.45, 7) is 7.81. The second-order valence-corrected chi connectivity index (χ2v) is 6.40. The molecule has 6 nitrogen and oxygen atoms in total. The van der Waals surface area contributed by atoms with Gasteiger partial charge in [-0.25, -0.2) is 4.79 Å². The molecule has 1 aromatic carbocycles. The molecule has 2 amide bonds. The number of para-hydroxylation sites is 1. The Balaban J connectivity index is 1.69. The maximum atomic E-state index is 12.8. The molecule has 1 aromatic heterocycles. The lowest BCUT2D eigenvalue weighted by atomic mass is 10.0. The van der Waals surface area contributed by atoms with Crippen LogP contribution in [0.2, 0.25) is 0 Å². The molecule has 1 saturated heterocycles. The van der Waals surface area contributed by atoms with Gasteiger partial charge < -0.3 is 15.0 Å². The highest BCUT2D eigenvalue weighted by Crippen LogP contribution is 2.34. The summed E-state index contributed by atoms with van der Waals surface area (Å²) in [5, 5.41) is 10.4. The Morgan fingerprint density at radius 1 is 1.40 bits per heavy atom. The van der Waals surface area contributed by atoms with E-state index in [0.29, 0.717) is 13.2 Å². The van der Waals surface area contributed by atoms with E-state index in [1.54, 1.807) is 0 Å². The zero-order valence-corrected chi connectivity index (χ0v) is 15.1. The molecular weight excluding hydrogens is 316 g/mol. The zero-order valence-electron chi connectivity index (χ0n) is 15.1. The highest BCUT2D eigenvalue weighted by molar-refractivity contribution is 5.75. The van der Waals surface area contributed by atoms with Crippen LogP contribution < -0.4 is 10.1 Å². The maximum Gasteiger partial charge on any atom is 0.318 e. The predicted octanol–water partition coefficient (Wildman–Crippen LogP) is 3.47. The van der Waals surface area contributed by atoms with Crippen molar-refractivity contribution in [1.82, 2.24) is 20.4 Å². The molecule has 0 radical (unpaired) electrons. The number of ether oxygens (including phenoxy) is 1. The molecule has 0 saturated carbocycles. The fourth-order valence-corrected chi connectivity index (χ4v) is 3.58. The summed E-state index contributed by atoms with van der Waals surface area (Å²) >= 11 is 0. The van der Waals surface area contributed by atoms with Crippen molar-refractivity contribution >= 4 is 6.03 Å². The molecule has 1 fully saturated rings. The number of carbonyl (C=O) groups is 1. The van der Waals surface area contributed by atoms with Gasteiger partial charge in [0.2, 0.25) is 0 Å². The van der Waals surface area contributed by atoms with Crippen LogP contribution in [0.4, 0.5) is 4.79 Å². The van der Waals surface area contributed by atoms with Crippen LogP contribution in [0.3, 0.4) is 0 Å². The summed E-state index contributed by atoms with van der Waals surface area (Å²) in [6.07, 6.45) is 1.99. The van der Waals surface area contributed by atoms with Crippen molar-refractivity contribution in [2.75, 3.05) is 13.2 Å². The van der Waals surface area contributed by atoms with Gasteiger partial charge in [0.05, 0.1) is 18.3 Å². The molecule has 1 atom stereocenters. The highest BCUT2D eigenvalue weighted by Gasteiger charge is 2.32. The van der Waals surface area contributed by atoms with Crippen LogP contribution in [0.5, 0.6) is 5.75 Å². The van der Waals surface area contributed by atoms with Gasteiger partial charge in [0.1, 0.15) is 5.75 Å². The molecule has 134 valence electrons. The van der Waals surface area contributed by atoms with Crippen LogP contribution in [-0.4, -0.2) is 34.3 Å². The van der Waals surface area contributed by atoms with Crippen LogP contribution in [0, 0.1) is 13.8 Å². The Morgan fingerprint density at radius 2 is 2.20 bits per heavy atom. The monoisotopic (exact) mass is 342 g/mol. The third-order valence-electron chi connectivity index (χ3n) is 4.73. The number of hydrogen-bond donors (Lipinski definition) is 2. The second-order valence-electron chi connectivity index (χ2n) is 6.40. The average molecular weight is 342 g/mol. The number of aromatic amines is 1. The summed E-state index contributed by atoms with van der Waals surface area (Å²) in [5.74, 6) is 0.824. The van der Waals surface area contributed by atoms with Crippen LogP contribution in [0.25, 0.3) is 0 Å². The number of nitrogens with one attached hydrogen (secondary N) is 2. The minimum atomic E-state index is -0.0335. The lowest BCUT2D eigenvalue weighted by Crippen LogP contribution is -2.39. The van der Waals surface area contributed by atoms with Gasteiger partial charge in [0.25, 0.3) is 0 Å². The largest absolute Gasteiger partial charge is 0.494 e. The summed E-state index contributed by atoms with van der Waals surface area (Å²) < 4.78 is 5.63. The molecule has 2 heterocycles. The van der Waals surface area contributed by atoms with Crippen LogP contribution in [0.15, 0.2) is 24.3 Å². The summed E-state index contributed by atoms with van der Waals surface area (Å²) in [4.78, 5) is 14.7. The van der Waals surface area contributed by atoms with E-state index in [1.807, 2.05) is 49.9 Å². The number of nitrogens with zero attached hydrogens (tertiary/aromatic N) is 2. The highest BCUT2D eigenvalue weighted by atomic mass is 16.5. The first-order valence-corrected chi connectivity index (χ1v) is 8.88. The minimum Gasteiger partial charge on any atom is -0.494 e. The van der Waals surface area contributed by atoms with E-state index in [9.17, 15) is 4.79 Å². The third-order valence-corrected chi connectivity index (χ3v) is 4.73. The lowest BCUT2D eigenvalue weighted by Gasteiger charge is -2.25. The first-order chi connectivity index (χ1) is 12.1. The van der Waals surface area contributed by atoms with Gasteiger partial charge in [-0.1, -0.05) is 18.2 Å². The van der Waals surface area contributed by atoms with Crippen LogP contribution in [0.1, 0.15) is 48.3 Å². The molecule has 2 N–H and O–H groups in total. The van der Waals surface area contributed by atoms with Gasteiger partial charge in [0, 0.05) is 29.9 Å². The topological polar surface area (TPSA) is 70.2 Å². The number of carbonyl (C=O) groups excluding carboxylic acids is 1. The normalized spacial score (nSPS) is 16.9. The van der Waals surface area contributed by atoms with E-state index < -0.39 is 0 Å². The van der Waals surface area contributed by atoms with Crippen LogP contribution in [-0.2, 0) is 6.54 Å². The van der Waals surface area contributed by atoms with Crippen LogP contribution >= 0.6 is 0 Å². The molecule has 25 heavy (non-hydrogen) atoms. The van der Waals surface area contributed by atoms with Crippen molar-refractivity contribution in [2.45, 2.75) is 46.2 Å². The van der Waals surface area contributed by atoms with Crippen molar-refractivity contribution in [3.05, 3.63) is 46.8 Å². The van der Waals surface area contributed by atoms with E-state index in [4.69, 9.17) is 4.74 Å². The Labute approximate surface area is 148 Å². The van der Waals surface area contributed by atoms with Crippen molar-refractivity contribution < 1.29 is 9.53 Å². The smallest absolute Gasteiger partial charge is 0.318 e. The summed E-state index contributed by atoms with van der Waals surface area (Å²) in [7, 11) is 0. The van der Waals surface area contributed by atoms with Crippen molar-refractivity contribution in [3.8, 4) is 5.75 Å². The summed E-state index contributed by atoms with van der Waals surface area (Å²) in [5.41, 5.74) is 4.17. The molecule has 0 aliphatic carbocycles. The molecule has 1 aliphatic heterocycles. The molecule has 3 rings (SSSR count). The Hall–Kier alpha value is -2.50. The van der Waals surface area contributed by atoms with Gasteiger partial charge in [-0.05, 0) is 39.7 Å².